The van der Waals surface area contributed by atoms with Crippen molar-refractivity contribution in [1.82, 2.24) is 0 Å². The zero-order valence-corrected chi connectivity index (χ0v) is 13.2. The monoisotopic (exact) mass is 276 g/mol. The number of unbranched alkanes of at least 4 members (excludes halogenated alkanes) is 1. The summed E-state index contributed by atoms with van der Waals surface area (Å²) in [6.07, 6.45) is 5.96. The van der Waals surface area contributed by atoms with Crippen LogP contribution in [0.1, 0.15) is 45.6 Å². The second-order valence-corrected chi connectivity index (χ2v) is 5.47. The van der Waals surface area contributed by atoms with Gasteiger partial charge in [0.15, 0.2) is 11.5 Å². The molecule has 2 heteroatoms. The summed E-state index contributed by atoms with van der Waals surface area (Å²) >= 11 is 0. The normalized spacial score (nSPS) is 10.6. The van der Waals surface area contributed by atoms with Crippen molar-refractivity contribution in [1.29, 1.82) is 0 Å². The van der Waals surface area contributed by atoms with Gasteiger partial charge >= 0.3 is 0 Å². The lowest BCUT2D eigenvalue weighted by Gasteiger charge is -2.16. The van der Waals surface area contributed by atoms with Crippen molar-refractivity contribution in [2.75, 3.05) is 13.2 Å². The highest BCUT2D eigenvalue weighted by Crippen LogP contribution is 2.32. The van der Waals surface area contributed by atoms with E-state index in [1.807, 2.05) is 18.2 Å². The molecule has 0 aliphatic carbocycles. The van der Waals surface area contributed by atoms with E-state index < -0.39 is 0 Å². The number of hydrogen-bond donors (Lipinski definition) is 0. The van der Waals surface area contributed by atoms with Gasteiger partial charge in [-0.1, -0.05) is 45.4 Å². The van der Waals surface area contributed by atoms with Crippen LogP contribution in [0.25, 0.3) is 0 Å². The van der Waals surface area contributed by atoms with Gasteiger partial charge in [0.05, 0.1) is 13.2 Å². The number of ether oxygens (including phenoxy) is 2. The van der Waals surface area contributed by atoms with E-state index in [-0.39, 0.29) is 0 Å². The number of rotatable bonds is 10. The Hall–Kier alpha value is -1.44. The van der Waals surface area contributed by atoms with Gasteiger partial charge in [-0.05, 0) is 31.2 Å². The Morgan fingerprint density at radius 1 is 1.20 bits per heavy atom. The fraction of sp³-hybridized carbons (Fsp3) is 0.556. The van der Waals surface area contributed by atoms with Crippen molar-refractivity contribution < 1.29 is 9.47 Å². The molecule has 0 heterocycles. The van der Waals surface area contributed by atoms with Crippen LogP contribution in [0, 0.1) is 5.92 Å². The molecule has 1 rings (SSSR count). The molecule has 0 aliphatic rings. The van der Waals surface area contributed by atoms with Crippen molar-refractivity contribution in [2.24, 2.45) is 5.92 Å². The van der Waals surface area contributed by atoms with Crippen molar-refractivity contribution in [3.05, 3.63) is 36.4 Å². The Labute approximate surface area is 123 Å². The summed E-state index contributed by atoms with van der Waals surface area (Å²) in [4.78, 5) is 0. The maximum atomic E-state index is 5.95. The third-order valence-corrected chi connectivity index (χ3v) is 3.12. The van der Waals surface area contributed by atoms with E-state index in [4.69, 9.17) is 9.47 Å². The van der Waals surface area contributed by atoms with Gasteiger partial charge in [0.2, 0.25) is 0 Å². The molecule has 0 saturated heterocycles. The highest BCUT2D eigenvalue weighted by atomic mass is 16.5. The Morgan fingerprint density at radius 3 is 2.65 bits per heavy atom. The number of hydrogen-bond acceptors (Lipinski definition) is 2. The molecule has 0 aliphatic heterocycles. The predicted octanol–water partition coefficient (Wildman–Crippen LogP) is 5.02. The molecule has 0 bridgehead atoms. The van der Waals surface area contributed by atoms with Crippen LogP contribution in [0.5, 0.6) is 11.5 Å². The topological polar surface area (TPSA) is 18.5 Å². The van der Waals surface area contributed by atoms with Gasteiger partial charge < -0.3 is 9.47 Å². The quantitative estimate of drug-likeness (QED) is 0.441. The summed E-state index contributed by atoms with van der Waals surface area (Å²) in [6, 6.07) is 6.10. The van der Waals surface area contributed by atoms with Gasteiger partial charge in [-0.15, -0.1) is 6.58 Å². The molecular weight excluding hydrogens is 248 g/mol. The van der Waals surface area contributed by atoms with E-state index >= 15 is 0 Å². The molecule has 112 valence electrons. The maximum absolute atomic E-state index is 5.95. The molecule has 2 nitrogen and oxygen atoms in total. The number of allylic oxidation sites excluding steroid dienone is 1. The standard InChI is InChI=1S/C18H28O2/c1-5-7-13-20-18-16(9-6-2)10-8-11-17(18)19-14-12-15(3)4/h6,8,10-11,15H,2,5,7,9,12-14H2,1,3-4H3. The summed E-state index contributed by atoms with van der Waals surface area (Å²) in [6.45, 7) is 11.9. The van der Waals surface area contributed by atoms with E-state index in [0.29, 0.717) is 5.92 Å². The van der Waals surface area contributed by atoms with Gasteiger partial charge in [0.1, 0.15) is 0 Å². The molecule has 0 N–H and O–H groups in total. The van der Waals surface area contributed by atoms with Gasteiger partial charge in [0.25, 0.3) is 0 Å². The van der Waals surface area contributed by atoms with Crippen LogP contribution in [0.3, 0.4) is 0 Å². The summed E-state index contributed by atoms with van der Waals surface area (Å²) in [5, 5.41) is 0. The summed E-state index contributed by atoms with van der Waals surface area (Å²) in [5.74, 6) is 2.40. The molecule has 20 heavy (non-hydrogen) atoms. The van der Waals surface area contributed by atoms with Gasteiger partial charge in [-0.3, -0.25) is 0 Å². The van der Waals surface area contributed by atoms with E-state index in [9.17, 15) is 0 Å². The van der Waals surface area contributed by atoms with E-state index in [1.54, 1.807) is 0 Å². The molecule has 0 atom stereocenters. The van der Waals surface area contributed by atoms with Crippen LogP contribution in [0.2, 0.25) is 0 Å². The average molecular weight is 276 g/mol. The first kappa shape index (κ1) is 16.6. The lowest BCUT2D eigenvalue weighted by Crippen LogP contribution is -2.06. The van der Waals surface area contributed by atoms with Crippen LogP contribution in [0.4, 0.5) is 0 Å². The third-order valence-electron chi connectivity index (χ3n) is 3.12. The Balaban J connectivity index is 2.78. The molecule has 0 aromatic heterocycles. The number of benzene rings is 1. The van der Waals surface area contributed by atoms with Gasteiger partial charge in [0, 0.05) is 5.56 Å². The fourth-order valence-electron chi connectivity index (χ4n) is 1.88. The molecule has 1 aromatic rings. The SMILES string of the molecule is C=CCc1cccc(OCCC(C)C)c1OCCCC. The highest BCUT2D eigenvalue weighted by Gasteiger charge is 2.10. The van der Waals surface area contributed by atoms with Crippen LogP contribution in [0.15, 0.2) is 30.9 Å². The van der Waals surface area contributed by atoms with Crippen molar-refractivity contribution in [3.63, 3.8) is 0 Å². The minimum atomic E-state index is 0.649. The molecule has 0 radical (unpaired) electrons. The second kappa shape index (κ2) is 9.46. The molecule has 0 saturated carbocycles. The van der Waals surface area contributed by atoms with Crippen LogP contribution in [-0.2, 0) is 6.42 Å². The minimum Gasteiger partial charge on any atom is -0.490 e. The largest absolute Gasteiger partial charge is 0.490 e. The summed E-state index contributed by atoms with van der Waals surface area (Å²) < 4.78 is 11.9. The predicted molar refractivity (Wildman–Crippen MR) is 85.7 cm³/mol. The van der Waals surface area contributed by atoms with E-state index in [2.05, 4.69) is 33.4 Å². The first-order valence-electron chi connectivity index (χ1n) is 7.67. The molecule has 1 aromatic carbocycles. The molecule has 0 amide bonds. The lowest BCUT2D eigenvalue weighted by molar-refractivity contribution is 0.252. The van der Waals surface area contributed by atoms with E-state index in [0.717, 1.165) is 56.0 Å². The molecule has 0 fully saturated rings. The van der Waals surface area contributed by atoms with Crippen molar-refractivity contribution >= 4 is 0 Å². The summed E-state index contributed by atoms with van der Waals surface area (Å²) in [7, 11) is 0. The molecule has 0 spiro atoms. The Morgan fingerprint density at radius 2 is 2.00 bits per heavy atom. The van der Waals surface area contributed by atoms with Crippen molar-refractivity contribution in [3.8, 4) is 11.5 Å². The smallest absolute Gasteiger partial charge is 0.164 e. The first-order chi connectivity index (χ1) is 9.69. The Kier molecular flexibility index (Phi) is 7.86. The lowest BCUT2D eigenvalue weighted by atomic mass is 10.1. The van der Waals surface area contributed by atoms with Crippen LogP contribution >= 0.6 is 0 Å². The highest BCUT2D eigenvalue weighted by molar-refractivity contribution is 5.47. The second-order valence-electron chi connectivity index (χ2n) is 5.47. The van der Waals surface area contributed by atoms with Gasteiger partial charge in [-0.25, -0.2) is 0 Å². The van der Waals surface area contributed by atoms with Crippen LogP contribution < -0.4 is 9.47 Å². The van der Waals surface area contributed by atoms with Crippen molar-refractivity contribution in [2.45, 2.75) is 46.5 Å². The fourth-order valence-corrected chi connectivity index (χ4v) is 1.88. The van der Waals surface area contributed by atoms with Gasteiger partial charge in [-0.2, -0.15) is 0 Å². The first-order valence-corrected chi connectivity index (χ1v) is 7.67. The average Bonchev–Trinajstić information content (AvgIpc) is 2.41. The maximum Gasteiger partial charge on any atom is 0.164 e. The van der Waals surface area contributed by atoms with Crippen LogP contribution in [-0.4, -0.2) is 13.2 Å². The third kappa shape index (κ3) is 5.68. The zero-order chi connectivity index (χ0) is 14.8. The minimum absolute atomic E-state index is 0.649. The zero-order valence-electron chi connectivity index (χ0n) is 13.2. The number of para-hydroxylation sites is 1. The molecule has 0 unspecified atom stereocenters. The van der Waals surface area contributed by atoms with E-state index in [1.165, 1.54) is 0 Å². The molecular formula is C18H28O2. The Bertz CT molecular complexity index is 396. The summed E-state index contributed by atoms with van der Waals surface area (Å²) in [5.41, 5.74) is 1.15.